The summed E-state index contributed by atoms with van der Waals surface area (Å²) in [5.74, 6) is -1.60. The molecule has 0 aromatic heterocycles. The number of rotatable bonds is 3. The first-order valence-corrected chi connectivity index (χ1v) is 6.14. The van der Waals surface area contributed by atoms with Crippen molar-refractivity contribution in [2.45, 2.75) is 12.1 Å². The van der Waals surface area contributed by atoms with Gasteiger partial charge in [-0.1, -0.05) is 18.0 Å². The van der Waals surface area contributed by atoms with E-state index in [1.807, 2.05) is 0 Å². The zero-order valence-electron chi connectivity index (χ0n) is 9.31. The largest absolute Gasteiger partial charge is 0.369 e. The summed E-state index contributed by atoms with van der Waals surface area (Å²) in [5.41, 5.74) is -0.117. The lowest BCUT2D eigenvalue weighted by Crippen LogP contribution is -2.56. The van der Waals surface area contributed by atoms with Crippen LogP contribution in [0.3, 0.4) is 0 Å². The van der Waals surface area contributed by atoms with E-state index in [0.717, 1.165) is 11.9 Å². The van der Waals surface area contributed by atoms with Gasteiger partial charge in [-0.15, -0.1) is 0 Å². The number of hydrogen-bond donors (Lipinski definition) is 0. The van der Waals surface area contributed by atoms with Crippen molar-refractivity contribution in [2.24, 2.45) is 0 Å². The Balaban J connectivity index is 2.41. The second kappa shape index (κ2) is 4.62. The first kappa shape index (κ1) is 12.3. The highest BCUT2D eigenvalue weighted by Crippen LogP contribution is 2.42. The number of benzene rings is 1. The minimum atomic E-state index is -0.811. The van der Waals surface area contributed by atoms with Crippen molar-refractivity contribution < 1.29 is 18.3 Å². The van der Waals surface area contributed by atoms with Crippen LogP contribution >= 0.6 is 11.9 Å². The van der Waals surface area contributed by atoms with Crippen LogP contribution in [0.1, 0.15) is 11.6 Å². The molecule has 2 atom stereocenters. The number of β-lactam (4-membered cyclic amide) rings is 1. The van der Waals surface area contributed by atoms with Crippen LogP contribution in [0.4, 0.5) is 8.78 Å². The Kier molecular flexibility index (Phi) is 3.35. The van der Waals surface area contributed by atoms with E-state index in [0.29, 0.717) is 0 Å². The monoisotopic (exact) mass is 259 g/mol. The number of hydrogen-bond acceptors (Lipinski definition) is 3. The zero-order chi connectivity index (χ0) is 12.6. The third-order valence-corrected chi connectivity index (χ3v) is 3.55. The topological polar surface area (TPSA) is 29.5 Å². The maximum Gasteiger partial charge on any atom is 0.264 e. The fourth-order valence-electron chi connectivity index (χ4n) is 1.93. The van der Waals surface area contributed by atoms with Crippen molar-refractivity contribution in [3.63, 3.8) is 0 Å². The van der Waals surface area contributed by atoms with Crippen molar-refractivity contribution in [1.82, 2.24) is 4.31 Å². The highest BCUT2D eigenvalue weighted by molar-refractivity contribution is 7.96. The van der Waals surface area contributed by atoms with E-state index < -0.39 is 23.8 Å². The lowest BCUT2D eigenvalue weighted by Gasteiger charge is -2.44. The third kappa shape index (κ3) is 1.81. The predicted molar refractivity (Wildman–Crippen MR) is 60.3 cm³/mol. The molecule has 17 heavy (non-hydrogen) atoms. The van der Waals surface area contributed by atoms with Crippen molar-refractivity contribution in [1.29, 1.82) is 0 Å². The molecular weight excluding hydrogens is 248 g/mol. The van der Waals surface area contributed by atoms with E-state index in [4.69, 9.17) is 4.74 Å². The Morgan fingerprint density at radius 1 is 1.35 bits per heavy atom. The lowest BCUT2D eigenvalue weighted by molar-refractivity contribution is -0.158. The van der Waals surface area contributed by atoms with Crippen LogP contribution in [-0.4, -0.2) is 29.7 Å². The average Bonchev–Trinajstić information content (AvgIpc) is 2.29. The van der Waals surface area contributed by atoms with E-state index in [1.165, 1.54) is 29.6 Å². The number of amides is 1. The fourth-order valence-corrected chi connectivity index (χ4v) is 2.66. The van der Waals surface area contributed by atoms with Crippen LogP contribution in [0.25, 0.3) is 0 Å². The van der Waals surface area contributed by atoms with Gasteiger partial charge in [0, 0.05) is 13.4 Å². The summed E-state index contributed by atoms with van der Waals surface area (Å²) in [4.78, 5) is 11.6. The number of nitrogens with zero attached hydrogens (tertiary/aromatic N) is 1. The van der Waals surface area contributed by atoms with Gasteiger partial charge in [-0.05, 0) is 12.1 Å². The van der Waals surface area contributed by atoms with Crippen LogP contribution in [0.2, 0.25) is 0 Å². The molecule has 1 aliphatic rings. The molecule has 0 aliphatic carbocycles. The molecule has 1 aliphatic heterocycles. The Labute approximate surface area is 102 Å². The number of ether oxygens (including phenoxy) is 1. The van der Waals surface area contributed by atoms with E-state index in [-0.39, 0.29) is 11.5 Å². The molecule has 1 heterocycles. The van der Waals surface area contributed by atoms with Gasteiger partial charge in [-0.3, -0.25) is 9.10 Å². The van der Waals surface area contributed by atoms with E-state index >= 15 is 0 Å². The fraction of sp³-hybridized carbons (Fsp3) is 0.364. The number of methoxy groups -OCH3 is 1. The number of carbonyl (C=O) groups is 1. The molecule has 0 spiro atoms. The molecule has 1 aromatic carbocycles. The van der Waals surface area contributed by atoms with Gasteiger partial charge in [0.1, 0.15) is 17.7 Å². The van der Waals surface area contributed by atoms with E-state index in [2.05, 4.69) is 0 Å². The van der Waals surface area contributed by atoms with Gasteiger partial charge in [0.15, 0.2) is 6.10 Å². The lowest BCUT2D eigenvalue weighted by atomic mass is 9.93. The van der Waals surface area contributed by atoms with Crippen LogP contribution in [0, 0.1) is 11.6 Å². The van der Waals surface area contributed by atoms with Gasteiger partial charge in [0.2, 0.25) is 0 Å². The standard InChI is InChI=1S/C11H11F2NO2S/c1-16-10-9(14(17-2)11(10)15)8-6(12)4-3-5-7(8)13/h3-5,9-10H,1-2H3. The van der Waals surface area contributed by atoms with Crippen molar-refractivity contribution in [3.05, 3.63) is 35.4 Å². The van der Waals surface area contributed by atoms with E-state index in [1.54, 1.807) is 6.26 Å². The van der Waals surface area contributed by atoms with Gasteiger partial charge in [0.05, 0.1) is 5.56 Å². The van der Waals surface area contributed by atoms with Crippen LogP contribution in [-0.2, 0) is 9.53 Å². The van der Waals surface area contributed by atoms with Gasteiger partial charge in [0.25, 0.3) is 5.91 Å². The first-order chi connectivity index (χ1) is 8.11. The van der Waals surface area contributed by atoms with Crippen LogP contribution < -0.4 is 0 Å². The molecule has 0 saturated carbocycles. The molecule has 0 N–H and O–H groups in total. The second-order valence-corrected chi connectivity index (χ2v) is 4.34. The Bertz CT molecular complexity index is 421. The Morgan fingerprint density at radius 3 is 2.41 bits per heavy atom. The van der Waals surface area contributed by atoms with Crippen LogP contribution in [0.5, 0.6) is 0 Å². The highest BCUT2D eigenvalue weighted by atomic mass is 32.2. The maximum atomic E-state index is 13.6. The summed E-state index contributed by atoms with van der Waals surface area (Å²) in [5, 5.41) is 0. The molecule has 3 nitrogen and oxygen atoms in total. The van der Waals surface area contributed by atoms with Gasteiger partial charge in [-0.25, -0.2) is 8.78 Å². The molecule has 1 fully saturated rings. The normalized spacial score (nSPS) is 23.8. The molecule has 0 bridgehead atoms. The van der Waals surface area contributed by atoms with Gasteiger partial charge < -0.3 is 4.74 Å². The highest BCUT2D eigenvalue weighted by Gasteiger charge is 2.50. The third-order valence-electron chi connectivity index (χ3n) is 2.75. The van der Waals surface area contributed by atoms with Crippen molar-refractivity contribution >= 4 is 17.9 Å². The summed E-state index contributed by atoms with van der Waals surface area (Å²) in [6.07, 6.45) is 0.865. The van der Waals surface area contributed by atoms with Gasteiger partial charge >= 0.3 is 0 Å². The summed E-state index contributed by atoms with van der Waals surface area (Å²) in [7, 11) is 1.35. The molecule has 2 rings (SSSR count). The van der Waals surface area contributed by atoms with Gasteiger partial charge in [-0.2, -0.15) is 0 Å². The molecule has 1 amide bonds. The summed E-state index contributed by atoms with van der Waals surface area (Å²) >= 11 is 1.13. The SMILES string of the molecule is COC1C(=O)N(SC)C1c1c(F)cccc1F. The summed E-state index contributed by atoms with van der Waals surface area (Å²) in [6, 6.07) is 2.93. The quantitative estimate of drug-likeness (QED) is 0.615. The van der Waals surface area contributed by atoms with Crippen molar-refractivity contribution in [3.8, 4) is 0 Å². The van der Waals surface area contributed by atoms with E-state index in [9.17, 15) is 13.6 Å². The predicted octanol–water partition coefficient (Wildman–Crippen LogP) is 2.14. The zero-order valence-corrected chi connectivity index (χ0v) is 10.1. The molecule has 1 saturated heterocycles. The smallest absolute Gasteiger partial charge is 0.264 e. The number of carbonyl (C=O) groups excluding carboxylic acids is 1. The minimum Gasteiger partial charge on any atom is -0.369 e. The molecule has 2 unspecified atom stereocenters. The molecular formula is C11H11F2NO2S. The Hall–Kier alpha value is -1.14. The maximum absolute atomic E-state index is 13.6. The van der Waals surface area contributed by atoms with Crippen LogP contribution in [0.15, 0.2) is 18.2 Å². The van der Waals surface area contributed by atoms with Crippen molar-refractivity contribution in [2.75, 3.05) is 13.4 Å². The first-order valence-electron chi connectivity index (χ1n) is 4.95. The number of halogens is 2. The summed E-state index contributed by atoms with van der Waals surface area (Å²) < 4.78 is 33.5. The minimum absolute atomic E-state index is 0.117. The second-order valence-electron chi connectivity index (χ2n) is 3.58. The average molecular weight is 259 g/mol. The molecule has 0 radical (unpaired) electrons. The molecule has 6 heteroatoms. The molecule has 1 aromatic rings. The summed E-state index contributed by atoms with van der Waals surface area (Å²) in [6.45, 7) is 0. The Morgan fingerprint density at radius 2 is 1.94 bits per heavy atom. The molecule has 92 valence electrons.